The highest BCUT2D eigenvalue weighted by atomic mass is 16.5. The molecule has 0 unspecified atom stereocenters. The van der Waals surface area contributed by atoms with E-state index in [9.17, 15) is 9.59 Å². The molecular weight excluding hydrogens is 440 g/mol. The Morgan fingerprint density at radius 1 is 0.629 bits per heavy atom. The molecule has 6 heteroatoms. The number of carbonyl (C=O) groups is 2. The van der Waals surface area contributed by atoms with Crippen LogP contribution >= 0.6 is 0 Å². The first kappa shape index (κ1) is 28.2. The molecule has 0 aliphatic heterocycles. The number of amides is 2. The molecule has 0 bridgehead atoms. The van der Waals surface area contributed by atoms with Crippen LogP contribution in [-0.2, 0) is 9.59 Å². The third-order valence-electron chi connectivity index (χ3n) is 5.58. The molecule has 2 N–H and O–H groups in total. The van der Waals surface area contributed by atoms with E-state index in [2.05, 4.69) is 24.5 Å². The SMILES string of the molecule is CCCCCCOc1cccc(NC(=O)CCCC(=O)Nc2cccc(OCCCCCC)c2)c1. The highest BCUT2D eigenvalue weighted by Crippen LogP contribution is 2.20. The van der Waals surface area contributed by atoms with Gasteiger partial charge in [0.1, 0.15) is 11.5 Å². The average molecular weight is 483 g/mol. The van der Waals surface area contributed by atoms with Gasteiger partial charge in [-0.15, -0.1) is 0 Å². The molecule has 0 aliphatic carbocycles. The molecule has 0 radical (unpaired) electrons. The molecule has 2 aromatic rings. The fourth-order valence-corrected chi connectivity index (χ4v) is 3.62. The van der Waals surface area contributed by atoms with E-state index >= 15 is 0 Å². The second kappa shape index (κ2) is 17.4. The van der Waals surface area contributed by atoms with Gasteiger partial charge in [-0.2, -0.15) is 0 Å². The summed E-state index contributed by atoms with van der Waals surface area (Å²) in [6.07, 6.45) is 10.2. The summed E-state index contributed by atoms with van der Waals surface area (Å²) in [6.45, 7) is 5.73. The quantitative estimate of drug-likeness (QED) is 0.218. The van der Waals surface area contributed by atoms with Crippen molar-refractivity contribution < 1.29 is 19.1 Å². The van der Waals surface area contributed by atoms with Crippen molar-refractivity contribution >= 4 is 23.2 Å². The molecule has 0 saturated carbocycles. The standard InChI is InChI=1S/C29H42N2O4/c1-3-5-7-9-20-34-26-16-11-14-24(22-26)30-28(32)18-13-19-29(33)31-25-15-12-17-27(23-25)35-21-10-8-6-4-2/h11-12,14-17,22-23H,3-10,13,18-21H2,1-2H3,(H,30,32)(H,31,33). The maximum absolute atomic E-state index is 12.3. The molecule has 2 aromatic carbocycles. The molecule has 0 atom stereocenters. The van der Waals surface area contributed by atoms with Crippen molar-refractivity contribution in [3.05, 3.63) is 48.5 Å². The zero-order chi connectivity index (χ0) is 25.1. The number of rotatable bonds is 18. The van der Waals surface area contributed by atoms with Crippen molar-refractivity contribution in [2.24, 2.45) is 0 Å². The normalized spacial score (nSPS) is 10.6. The van der Waals surface area contributed by atoms with Gasteiger partial charge < -0.3 is 20.1 Å². The molecule has 0 saturated heterocycles. The number of anilines is 2. The number of carbonyl (C=O) groups excluding carboxylic acids is 2. The van der Waals surface area contributed by atoms with Crippen LogP contribution in [0.15, 0.2) is 48.5 Å². The van der Waals surface area contributed by atoms with Gasteiger partial charge in [0, 0.05) is 36.3 Å². The second-order valence-electron chi connectivity index (χ2n) is 8.82. The molecule has 0 fully saturated rings. The van der Waals surface area contributed by atoms with E-state index in [1.165, 1.54) is 38.5 Å². The lowest BCUT2D eigenvalue weighted by Crippen LogP contribution is -2.15. The average Bonchev–Trinajstić information content (AvgIpc) is 2.84. The van der Waals surface area contributed by atoms with Crippen LogP contribution in [0.1, 0.15) is 84.5 Å². The van der Waals surface area contributed by atoms with Crippen molar-refractivity contribution in [1.29, 1.82) is 0 Å². The van der Waals surface area contributed by atoms with Crippen LogP contribution in [0.3, 0.4) is 0 Å². The van der Waals surface area contributed by atoms with Gasteiger partial charge in [0.15, 0.2) is 0 Å². The molecule has 0 aliphatic rings. The summed E-state index contributed by atoms with van der Waals surface area (Å²) in [5.74, 6) is 1.28. The first-order valence-corrected chi connectivity index (χ1v) is 13.2. The highest BCUT2D eigenvalue weighted by molar-refractivity contribution is 5.93. The van der Waals surface area contributed by atoms with Crippen molar-refractivity contribution in [2.75, 3.05) is 23.8 Å². The van der Waals surface area contributed by atoms with Crippen LogP contribution in [0.25, 0.3) is 0 Å². The second-order valence-corrected chi connectivity index (χ2v) is 8.82. The Hall–Kier alpha value is -3.02. The van der Waals surface area contributed by atoms with Gasteiger partial charge in [0.25, 0.3) is 0 Å². The maximum atomic E-state index is 12.3. The molecule has 2 rings (SSSR count). The van der Waals surface area contributed by atoms with Crippen LogP contribution in [-0.4, -0.2) is 25.0 Å². The van der Waals surface area contributed by atoms with E-state index < -0.39 is 0 Å². The predicted octanol–water partition coefficient (Wildman–Crippen LogP) is 7.35. The molecule has 0 spiro atoms. The minimum absolute atomic E-state index is 0.114. The molecule has 6 nitrogen and oxygen atoms in total. The van der Waals surface area contributed by atoms with Gasteiger partial charge in [-0.25, -0.2) is 0 Å². The van der Waals surface area contributed by atoms with Gasteiger partial charge in [-0.05, 0) is 43.5 Å². The van der Waals surface area contributed by atoms with Crippen LogP contribution in [0.4, 0.5) is 11.4 Å². The zero-order valence-corrected chi connectivity index (χ0v) is 21.4. The minimum atomic E-state index is -0.114. The summed E-state index contributed by atoms with van der Waals surface area (Å²) in [5, 5.41) is 5.78. The summed E-state index contributed by atoms with van der Waals surface area (Å²) in [7, 11) is 0. The number of nitrogens with one attached hydrogen (secondary N) is 2. The summed E-state index contributed by atoms with van der Waals surface area (Å²) >= 11 is 0. The number of hydrogen-bond donors (Lipinski definition) is 2. The molecule has 192 valence electrons. The molecule has 35 heavy (non-hydrogen) atoms. The van der Waals surface area contributed by atoms with Gasteiger partial charge in [-0.3, -0.25) is 9.59 Å². The summed E-state index contributed by atoms with van der Waals surface area (Å²) < 4.78 is 11.6. The van der Waals surface area contributed by atoms with E-state index in [0.29, 0.717) is 31.0 Å². The zero-order valence-electron chi connectivity index (χ0n) is 21.4. The van der Waals surface area contributed by atoms with Crippen LogP contribution < -0.4 is 20.1 Å². The topological polar surface area (TPSA) is 76.7 Å². The number of ether oxygens (including phenoxy) is 2. The van der Waals surface area contributed by atoms with Crippen LogP contribution in [0, 0.1) is 0 Å². The lowest BCUT2D eigenvalue weighted by atomic mass is 10.2. The Bertz CT molecular complexity index is 813. The summed E-state index contributed by atoms with van der Waals surface area (Å²) in [5.41, 5.74) is 1.41. The van der Waals surface area contributed by atoms with Crippen molar-refractivity contribution in [3.8, 4) is 11.5 Å². The lowest BCUT2D eigenvalue weighted by Gasteiger charge is -2.10. The first-order valence-electron chi connectivity index (χ1n) is 13.2. The smallest absolute Gasteiger partial charge is 0.224 e. The van der Waals surface area contributed by atoms with Crippen LogP contribution in [0.5, 0.6) is 11.5 Å². The van der Waals surface area contributed by atoms with E-state index in [0.717, 1.165) is 24.3 Å². The monoisotopic (exact) mass is 482 g/mol. The van der Waals surface area contributed by atoms with E-state index in [1.54, 1.807) is 0 Å². The van der Waals surface area contributed by atoms with Crippen molar-refractivity contribution in [2.45, 2.75) is 84.5 Å². The minimum Gasteiger partial charge on any atom is -0.494 e. The first-order chi connectivity index (χ1) is 17.1. The molecular formula is C29H42N2O4. The number of unbranched alkanes of at least 4 members (excludes halogenated alkanes) is 6. The molecule has 2 amide bonds. The third-order valence-corrected chi connectivity index (χ3v) is 5.58. The van der Waals surface area contributed by atoms with Crippen LogP contribution in [0.2, 0.25) is 0 Å². The summed E-state index contributed by atoms with van der Waals surface area (Å²) in [6, 6.07) is 14.9. The Balaban J connectivity index is 1.66. The number of hydrogen-bond acceptors (Lipinski definition) is 4. The number of benzene rings is 2. The Kier molecular flexibility index (Phi) is 14.0. The maximum Gasteiger partial charge on any atom is 0.224 e. The van der Waals surface area contributed by atoms with Gasteiger partial charge in [-0.1, -0.05) is 64.5 Å². The van der Waals surface area contributed by atoms with Crippen molar-refractivity contribution in [1.82, 2.24) is 0 Å². The molecule has 0 heterocycles. The summed E-state index contributed by atoms with van der Waals surface area (Å²) in [4.78, 5) is 24.6. The fraction of sp³-hybridized carbons (Fsp3) is 0.517. The third kappa shape index (κ3) is 12.9. The Labute approximate surface area is 210 Å². The molecule has 0 aromatic heterocycles. The predicted molar refractivity (Wildman–Crippen MR) is 143 cm³/mol. The van der Waals surface area contributed by atoms with E-state index in [4.69, 9.17) is 9.47 Å². The fourth-order valence-electron chi connectivity index (χ4n) is 3.62. The Morgan fingerprint density at radius 2 is 1.09 bits per heavy atom. The lowest BCUT2D eigenvalue weighted by molar-refractivity contribution is -0.117. The largest absolute Gasteiger partial charge is 0.494 e. The van der Waals surface area contributed by atoms with Gasteiger partial charge in [0.2, 0.25) is 11.8 Å². The van der Waals surface area contributed by atoms with Gasteiger partial charge in [0.05, 0.1) is 13.2 Å². The van der Waals surface area contributed by atoms with Crippen molar-refractivity contribution in [3.63, 3.8) is 0 Å². The van der Waals surface area contributed by atoms with Gasteiger partial charge >= 0.3 is 0 Å². The van der Waals surface area contributed by atoms with E-state index in [-0.39, 0.29) is 24.7 Å². The van der Waals surface area contributed by atoms with E-state index in [1.807, 2.05) is 48.5 Å². The Morgan fingerprint density at radius 3 is 1.51 bits per heavy atom. The highest BCUT2D eigenvalue weighted by Gasteiger charge is 2.08.